The second-order valence-electron chi connectivity index (χ2n) is 10.3. The first-order valence-electron chi connectivity index (χ1n) is 12.8. The number of hydrogen-bond donors (Lipinski definition) is 1. The smallest absolute Gasteiger partial charge is 0.0937 e. The van der Waals surface area contributed by atoms with E-state index >= 15 is 0 Å². The van der Waals surface area contributed by atoms with E-state index in [0.717, 1.165) is 36.0 Å². The van der Waals surface area contributed by atoms with Gasteiger partial charge in [0.25, 0.3) is 0 Å². The van der Waals surface area contributed by atoms with Crippen LogP contribution in [-0.2, 0) is 18.4 Å². The summed E-state index contributed by atoms with van der Waals surface area (Å²) in [6.07, 6.45) is 6.88. The van der Waals surface area contributed by atoms with Crippen molar-refractivity contribution in [1.29, 1.82) is 5.26 Å². The molecule has 0 aliphatic carbocycles. The van der Waals surface area contributed by atoms with Crippen molar-refractivity contribution in [3.63, 3.8) is 0 Å². The number of nitriles is 1. The molecule has 5 heteroatoms. The van der Waals surface area contributed by atoms with Gasteiger partial charge in [0.2, 0.25) is 0 Å². The lowest BCUT2D eigenvalue weighted by atomic mass is 9.90. The molecule has 0 spiro atoms. The molecule has 2 aromatic heterocycles. The van der Waals surface area contributed by atoms with E-state index in [2.05, 4.69) is 75.9 Å². The summed E-state index contributed by atoms with van der Waals surface area (Å²) < 4.78 is 2.30. The molecule has 1 aromatic carbocycles. The van der Waals surface area contributed by atoms with Crippen LogP contribution < -0.4 is 5.32 Å². The van der Waals surface area contributed by atoms with Gasteiger partial charge in [-0.2, -0.15) is 5.26 Å². The highest BCUT2D eigenvalue weighted by molar-refractivity contribution is 5.83. The van der Waals surface area contributed by atoms with Crippen LogP contribution in [-0.4, -0.2) is 41.1 Å². The largest absolute Gasteiger partial charge is 0.373 e. The van der Waals surface area contributed by atoms with Crippen molar-refractivity contribution in [3.05, 3.63) is 59.5 Å². The average molecular weight is 468 g/mol. The van der Waals surface area contributed by atoms with Crippen molar-refractivity contribution in [3.8, 4) is 17.9 Å². The first-order chi connectivity index (χ1) is 16.9. The standard InChI is InChI=1S/C30H37N5/c1-5-35-27(7-6-16-32-26-11-13-29(33-21-26)30(2,3)22-31)20-25-19-24(10-12-28(25)35)9-8-23-14-17-34(4)18-15-23/h10-13,19-21,23,32H,5,8-9,14-18H2,1-4H3. The van der Waals surface area contributed by atoms with Crippen LogP contribution in [0.3, 0.4) is 0 Å². The maximum absolute atomic E-state index is 9.27. The third-order valence-corrected chi connectivity index (χ3v) is 7.24. The molecular weight excluding hydrogens is 430 g/mol. The highest BCUT2D eigenvalue weighted by Crippen LogP contribution is 2.25. The lowest BCUT2D eigenvalue weighted by Crippen LogP contribution is -2.30. The Kier molecular flexibility index (Phi) is 7.79. The summed E-state index contributed by atoms with van der Waals surface area (Å²) in [7, 11) is 2.23. The zero-order chi connectivity index (χ0) is 24.8. The highest BCUT2D eigenvalue weighted by Gasteiger charge is 2.21. The Morgan fingerprint density at radius 3 is 2.63 bits per heavy atom. The summed E-state index contributed by atoms with van der Waals surface area (Å²) in [5.41, 5.74) is 4.84. The van der Waals surface area contributed by atoms with Crippen molar-refractivity contribution in [2.45, 2.75) is 58.4 Å². The van der Waals surface area contributed by atoms with E-state index in [9.17, 15) is 5.26 Å². The summed E-state index contributed by atoms with van der Waals surface area (Å²) in [5.74, 6) is 7.48. The molecular formula is C30H37N5. The fourth-order valence-corrected chi connectivity index (χ4v) is 4.85. The van der Waals surface area contributed by atoms with Gasteiger partial charge in [-0.15, -0.1) is 0 Å². The molecule has 0 unspecified atom stereocenters. The minimum atomic E-state index is -0.585. The number of aryl methyl sites for hydroxylation is 2. The molecule has 1 aliphatic heterocycles. The van der Waals surface area contributed by atoms with Crippen molar-refractivity contribution in [2.24, 2.45) is 5.92 Å². The van der Waals surface area contributed by atoms with Gasteiger partial charge in [-0.3, -0.25) is 4.98 Å². The Balaban J connectivity index is 1.39. The zero-order valence-electron chi connectivity index (χ0n) is 21.6. The molecule has 1 aliphatic rings. The van der Waals surface area contributed by atoms with Crippen LogP contribution in [0.25, 0.3) is 10.9 Å². The van der Waals surface area contributed by atoms with E-state index in [1.54, 1.807) is 6.20 Å². The Morgan fingerprint density at radius 2 is 1.94 bits per heavy atom. The van der Waals surface area contributed by atoms with Gasteiger partial charge in [0.05, 0.1) is 41.3 Å². The Bertz CT molecular complexity index is 1240. The number of likely N-dealkylation sites (tertiary alicyclic amines) is 1. The molecule has 1 fully saturated rings. The number of nitrogens with one attached hydrogen (secondary N) is 1. The Hall–Kier alpha value is -3.28. The van der Waals surface area contributed by atoms with E-state index < -0.39 is 5.41 Å². The molecule has 0 amide bonds. The van der Waals surface area contributed by atoms with Crippen molar-refractivity contribution >= 4 is 16.6 Å². The second kappa shape index (κ2) is 11.0. The molecule has 0 saturated carbocycles. The fourth-order valence-electron chi connectivity index (χ4n) is 4.85. The molecule has 182 valence electrons. The molecule has 1 N–H and O–H groups in total. The van der Waals surface area contributed by atoms with E-state index in [4.69, 9.17) is 0 Å². The normalized spacial score (nSPS) is 14.9. The first kappa shape index (κ1) is 24.8. The van der Waals surface area contributed by atoms with Gasteiger partial charge in [-0.25, -0.2) is 0 Å². The number of rotatable bonds is 7. The molecule has 4 rings (SSSR count). The number of piperidine rings is 1. The predicted octanol–water partition coefficient (Wildman–Crippen LogP) is 5.60. The number of pyridine rings is 1. The molecule has 1 saturated heterocycles. The van der Waals surface area contributed by atoms with E-state index in [1.165, 1.54) is 48.8 Å². The third kappa shape index (κ3) is 6.05. The van der Waals surface area contributed by atoms with Crippen LogP contribution in [0.2, 0.25) is 0 Å². The molecule has 0 atom stereocenters. The van der Waals surface area contributed by atoms with Gasteiger partial charge in [-0.1, -0.05) is 12.0 Å². The summed E-state index contributed by atoms with van der Waals surface area (Å²) in [6, 6.07) is 15.3. The topological polar surface area (TPSA) is 56.9 Å². The Labute approximate surface area is 210 Å². The fraction of sp³-hybridized carbons (Fsp3) is 0.467. The van der Waals surface area contributed by atoms with Gasteiger partial charge in [0.1, 0.15) is 0 Å². The maximum atomic E-state index is 9.27. The van der Waals surface area contributed by atoms with Crippen molar-refractivity contribution < 1.29 is 0 Å². The van der Waals surface area contributed by atoms with Gasteiger partial charge < -0.3 is 14.8 Å². The first-order valence-corrected chi connectivity index (χ1v) is 12.8. The highest BCUT2D eigenvalue weighted by atomic mass is 15.1. The monoisotopic (exact) mass is 467 g/mol. The quantitative estimate of drug-likeness (QED) is 0.460. The van der Waals surface area contributed by atoms with Crippen LogP contribution in [0, 0.1) is 29.1 Å². The number of anilines is 1. The van der Waals surface area contributed by atoms with Crippen LogP contribution >= 0.6 is 0 Å². The van der Waals surface area contributed by atoms with Crippen LogP contribution in [0.1, 0.15) is 57.0 Å². The summed E-state index contributed by atoms with van der Waals surface area (Å²) in [5, 5.41) is 13.9. The minimum absolute atomic E-state index is 0.537. The lowest BCUT2D eigenvalue weighted by molar-refractivity contribution is 0.212. The van der Waals surface area contributed by atoms with Crippen LogP contribution in [0.15, 0.2) is 42.6 Å². The third-order valence-electron chi connectivity index (χ3n) is 7.24. The number of aromatic nitrogens is 2. The molecule has 3 heterocycles. The predicted molar refractivity (Wildman–Crippen MR) is 144 cm³/mol. The van der Waals surface area contributed by atoms with Crippen LogP contribution in [0.4, 0.5) is 5.69 Å². The van der Waals surface area contributed by atoms with Crippen molar-refractivity contribution in [2.75, 3.05) is 32.0 Å². The molecule has 0 radical (unpaired) electrons. The van der Waals surface area contributed by atoms with Gasteiger partial charge in [0, 0.05) is 17.4 Å². The Morgan fingerprint density at radius 1 is 1.14 bits per heavy atom. The second-order valence-corrected chi connectivity index (χ2v) is 10.3. The molecule has 35 heavy (non-hydrogen) atoms. The van der Waals surface area contributed by atoms with E-state index in [1.807, 2.05) is 26.0 Å². The summed E-state index contributed by atoms with van der Waals surface area (Å²) in [4.78, 5) is 6.87. The molecule has 5 nitrogen and oxygen atoms in total. The minimum Gasteiger partial charge on any atom is -0.373 e. The number of fused-ring (bicyclic) bond motifs is 1. The van der Waals surface area contributed by atoms with E-state index in [0.29, 0.717) is 6.54 Å². The zero-order valence-corrected chi connectivity index (χ0v) is 21.6. The SMILES string of the molecule is CCn1c(C#CCNc2ccc(C(C)(C)C#N)nc2)cc2cc(CCC3CCN(C)CC3)ccc21. The lowest BCUT2D eigenvalue weighted by Gasteiger charge is -2.28. The number of hydrogen-bond acceptors (Lipinski definition) is 4. The number of benzene rings is 1. The summed E-state index contributed by atoms with van der Waals surface area (Å²) >= 11 is 0. The van der Waals surface area contributed by atoms with Gasteiger partial charge in [0.15, 0.2) is 0 Å². The average Bonchev–Trinajstić information content (AvgIpc) is 3.23. The molecule has 3 aromatic rings. The number of nitrogens with zero attached hydrogens (tertiary/aromatic N) is 4. The van der Waals surface area contributed by atoms with E-state index in [-0.39, 0.29) is 0 Å². The molecule has 0 bridgehead atoms. The van der Waals surface area contributed by atoms with Gasteiger partial charge in [-0.05, 0) is 114 Å². The van der Waals surface area contributed by atoms with Crippen molar-refractivity contribution in [1.82, 2.24) is 14.5 Å². The van der Waals surface area contributed by atoms with Crippen LogP contribution in [0.5, 0.6) is 0 Å². The van der Waals surface area contributed by atoms with Gasteiger partial charge >= 0.3 is 0 Å². The maximum Gasteiger partial charge on any atom is 0.0937 e. The summed E-state index contributed by atoms with van der Waals surface area (Å²) in [6.45, 7) is 9.83.